The molecule has 1 atom stereocenters. The number of amides is 1. The number of ether oxygens (including phenoxy) is 2. The zero-order chi connectivity index (χ0) is 24.6. The Kier molecular flexibility index (Phi) is 6.22. The van der Waals surface area contributed by atoms with E-state index in [0.29, 0.717) is 24.5 Å². The van der Waals surface area contributed by atoms with E-state index >= 15 is 0 Å². The van der Waals surface area contributed by atoms with Gasteiger partial charge in [-0.15, -0.1) is 4.68 Å². The lowest BCUT2D eigenvalue weighted by Crippen LogP contribution is -2.30. The molecule has 1 unspecified atom stereocenters. The van der Waals surface area contributed by atoms with Crippen LogP contribution in [-0.2, 0) is 14.3 Å². The molecule has 1 aliphatic rings. The van der Waals surface area contributed by atoms with E-state index in [1.807, 2.05) is 0 Å². The lowest BCUT2D eigenvalue weighted by atomic mass is 10.0. The molecule has 34 heavy (non-hydrogen) atoms. The molecule has 0 saturated carbocycles. The van der Waals surface area contributed by atoms with Crippen molar-refractivity contribution in [1.82, 2.24) is 19.6 Å². The molecular weight excluding hydrogens is 448 g/mol. The third-order valence-electron chi connectivity index (χ3n) is 5.21. The number of nitrogens with zero attached hydrogens (tertiary/aromatic N) is 4. The molecule has 1 N–H and O–H groups in total. The van der Waals surface area contributed by atoms with E-state index in [0.717, 1.165) is 22.9 Å². The third kappa shape index (κ3) is 5.14. The number of benzene rings is 1. The molecule has 0 spiro atoms. The molecule has 4 rings (SSSR count). The van der Waals surface area contributed by atoms with Crippen LogP contribution in [0.2, 0.25) is 0 Å². The zero-order valence-electron chi connectivity index (χ0n) is 19.2. The molecule has 1 fully saturated rings. The number of nitrogens with one attached hydrogen (secondary N) is 1. The Hall–Kier alpha value is -3.60. The summed E-state index contributed by atoms with van der Waals surface area (Å²) in [6.07, 6.45) is 2.23. The maximum absolute atomic E-state index is 13.5. The molecule has 1 amide bonds. The highest BCUT2D eigenvalue weighted by Gasteiger charge is 2.29. The molecule has 1 aliphatic heterocycles. The first-order chi connectivity index (χ1) is 16.0. The Morgan fingerprint density at radius 3 is 2.44 bits per heavy atom. The largest absolute Gasteiger partial charge is 0.442 e. The summed E-state index contributed by atoms with van der Waals surface area (Å²) >= 11 is 0. The van der Waals surface area contributed by atoms with Crippen LogP contribution >= 0.6 is 0 Å². The predicted molar refractivity (Wildman–Crippen MR) is 118 cm³/mol. The molecule has 0 radical (unpaired) electrons. The van der Waals surface area contributed by atoms with Gasteiger partial charge < -0.3 is 14.8 Å². The minimum atomic E-state index is -0.748. The average molecular weight is 473 g/mol. The van der Waals surface area contributed by atoms with E-state index in [2.05, 4.69) is 15.5 Å². The highest BCUT2D eigenvalue weighted by molar-refractivity contribution is 5.96. The van der Waals surface area contributed by atoms with Crippen molar-refractivity contribution in [3.63, 3.8) is 0 Å². The molecule has 3 heterocycles. The smallest absolute Gasteiger partial charge is 0.437 e. The van der Waals surface area contributed by atoms with E-state index in [4.69, 9.17) is 9.47 Å². The summed E-state index contributed by atoms with van der Waals surface area (Å²) in [5.74, 6) is -2.38. The fourth-order valence-corrected chi connectivity index (χ4v) is 3.30. The van der Waals surface area contributed by atoms with Gasteiger partial charge in [0.15, 0.2) is 0 Å². The topological polar surface area (TPSA) is 100 Å². The first-order valence-electron chi connectivity index (χ1n) is 10.7. The number of carbonyl (C=O) groups excluding carboxylic acids is 2. The van der Waals surface area contributed by atoms with Gasteiger partial charge in [0, 0.05) is 23.9 Å². The molecule has 180 valence electrons. The Balaban J connectivity index is 1.54. The lowest BCUT2D eigenvalue weighted by molar-refractivity contribution is -0.117. The minimum absolute atomic E-state index is 0.0293. The second-order valence-corrected chi connectivity index (χ2v) is 9.14. The monoisotopic (exact) mass is 473 g/mol. The lowest BCUT2D eigenvalue weighted by Gasteiger charge is -2.23. The minimum Gasteiger partial charge on any atom is -0.442 e. The fourth-order valence-electron chi connectivity index (χ4n) is 3.30. The Morgan fingerprint density at radius 2 is 1.85 bits per heavy atom. The summed E-state index contributed by atoms with van der Waals surface area (Å²) in [5, 5.41) is 11.2. The van der Waals surface area contributed by atoms with Crippen molar-refractivity contribution in [2.45, 2.75) is 45.1 Å². The Bertz CT molecular complexity index is 1210. The van der Waals surface area contributed by atoms with E-state index in [1.165, 1.54) is 17.1 Å². The number of rotatable bonds is 5. The number of anilines is 1. The standard InChI is InChI=1S/C23H25F2N5O4/c1-13(14-9-26-29(10-14)18-6-16(24)5-17(25)7-18)21(31)27-20-8-19(15-11-33-12-15)28-30(20)22(32)34-23(2,3)4/h5-10,13,15H,11-12H2,1-4H3,(H,27,31). The SMILES string of the molecule is CC(C(=O)Nc1cc(C2COC2)nn1C(=O)OC(C)(C)C)c1cnn(-c2cc(F)cc(F)c2)c1. The van der Waals surface area contributed by atoms with Crippen LogP contribution in [0.1, 0.15) is 50.8 Å². The highest BCUT2D eigenvalue weighted by atomic mass is 19.1. The summed E-state index contributed by atoms with van der Waals surface area (Å²) in [6, 6.07) is 4.66. The van der Waals surface area contributed by atoms with Crippen molar-refractivity contribution >= 4 is 17.8 Å². The third-order valence-corrected chi connectivity index (χ3v) is 5.21. The maximum atomic E-state index is 13.5. The number of hydrogen-bond acceptors (Lipinski definition) is 6. The molecule has 9 nitrogen and oxygen atoms in total. The van der Waals surface area contributed by atoms with Crippen molar-refractivity contribution in [2.75, 3.05) is 18.5 Å². The van der Waals surface area contributed by atoms with Crippen LogP contribution in [0.3, 0.4) is 0 Å². The number of halogens is 2. The van der Waals surface area contributed by atoms with Crippen molar-refractivity contribution in [3.8, 4) is 5.69 Å². The van der Waals surface area contributed by atoms with Crippen LogP contribution in [-0.4, -0.2) is 50.4 Å². The molecule has 0 bridgehead atoms. The second-order valence-electron chi connectivity index (χ2n) is 9.14. The maximum Gasteiger partial charge on any atom is 0.437 e. The number of carbonyl (C=O) groups is 2. The van der Waals surface area contributed by atoms with Crippen molar-refractivity contribution in [1.29, 1.82) is 0 Å². The predicted octanol–water partition coefficient (Wildman–Crippen LogP) is 3.99. The van der Waals surface area contributed by atoms with Crippen LogP contribution in [0, 0.1) is 11.6 Å². The van der Waals surface area contributed by atoms with Crippen molar-refractivity contribution < 1.29 is 27.8 Å². The molecule has 2 aromatic heterocycles. The van der Waals surface area contributed by atoms with Crippen LogP contribution in [0.15, 0.2) is 36.7 Å². The van der Waals surface area contributed by atoms with Crippen LogP contribution in [0.25, 0.3) is 5.69 Å². The summed E-state index contributed by atoms with van der Waals surface area (Å²) in [6.45, 7) is 7.81. The van der Waals surface area contributed by atoms with E-state index < -0.39 is 35.2 Å². The summed E-state index contributed by atoms with van der Waals surface area (Å²) in [5.41, 5.74) is 0.563. The first kappa shape index (κ1) is 23.6. The Labute approximate surface area is 194 Å². The normalized spacial score (nSPS) is 15.0. The average Bonchev–Trinajstić information content (AvgIpc) is 3.32. The van der Waals surface area contributed by atoms with Crippen LogP contribution in [0.5, 0.6) is 0 Å². The first-order valence-corrected chi connectivity index (χ1v) is 10.7. The molecule has 3 aromatic rings. The van der Waals surface area contributed by atoms with Crippen LogP contribution in [0.4, 0.5) is 19.4 Å². The van der Waals surface area contributed by atoms with E-state index in [9.17, 15) is 18.4 Å². The van der Waals surface area contributed by atoms with E-state index in [-0.39, 0.29) is 17.4 Å². The van der Waals surface area contributed by atoms with Gasteiger partial charge in [-0.1, -0.05) is 0 Å². The van der Waals surface area contributed by atoms with Gasteiger partial charge in [-0.3, -0.25) is 4.79 Å². The zero-order valence-corrected chi connectivity index (χ0v) is 19.2. The van der Waals surface area contributed by atoms with E-state index in [1.54, 1.807) is 33.8 Å². The van der Waals surface area contributed by atoms with Gasteiger partial charge in [0.2, 0.25) is 5.91 Å². The van der Waals surface area contributed by atoms with Gasteiger partial charge in [-0.2, -0.15) is 10.2 Å². The van der Waals surface area contributed by atoms with Crippen LogP contribution < -0.4 is 5.32 Å². The summed E-state index contributed by atoms with van der Waals surface area (Å²) in [4.78, 5) is 25.7. The van der Waals surface area contributed by atoms with Crippen molar-refractivity contribution in [3.05, 3.63) is 59.6 Å². The quantitative estimate of drug-likeness (QED) is 0.602. The molecule has 1 aromatic carbocycles. The second kappa shape index (κ2) is 8.98. The summed E-state index contributed by atoms with van der Waals surface area (Å²) in [7, 11) is 0. The van der Waals surface area contributed by atoms with Gasteiger partial charge in [-0.25, -0.2) is 18.3 Å². The van der Waals surface area contributed by atoms with Gasteiger partial charge in [0.1, 0.15) is 23.1 Å². The van der Waals surface area contributed by atoms with Gasteiger partial charge >= 0.3 is 6.09 Å². The molecule has 11 heteroatoms. The molecule has 1 saturated heterocycles. The Morgan fingerprint density at radius 1 is 1.18 bits per heavy atom. The fraction of sp³-hybridized carbons (Fsp3) is 0.391. The van der Waals surface area contributed by atoms with Crippen molar-refractivity contribution in [2.24, 2.45) is 0 Å². The molecular formula is C23H25F2N5O4. The number of aromatic nitrogens is 4. The number of hydrogen-bond donors (Lipinski definition) is 1. The van der Waals surface area contributed by atoms with Gasteiger partial charge in [0.25, 0.3) is 0 Å². The highest BCUT2D eigenvalue weighted by Crippen LogP contribution is 2.27. The van der Waals surface area contributed by atoms with Gasteiger partial charge in [-0.05, 0) is 39.8 Å². The molecule has 0 aliphatic carbocycles. The summed E-state index contributed by atoms with van der Waals surface area (Å²) < 4.78 is 40.0. The van der Waals surface area contributed by atoms with Gasteiger partial charge in [0.05, 0.1) is 42.6 Å².